The molecular formula is C16H17FO2. The number of methoxy groups -OCH3 is 1. The molecule has 0 spiro atoms. The van der Waals surface area contributed by atoms with E-state index >= 15 is 0 Å². The minimum absolute atomic E-state index is 0.113. The third-order valence-electron chi connectivity index (χ3n) is 3.24. The van der Waals surface area contributed by atoms with Crippen molar-refractivity contribution in [3.8, 4) is 0 Å². The Balaban J connectivity index is 2.52. The van der Waals surface area contributed by atoms with Crippen molar-refractivity contribution in [1.29, 1.82) is 0 Å². The average molecular weight is 260 g/mol. The molecule has 0 aliphatic rings. The van der Waals surface area contributed by atoms with E-state index in [4.69, 9.17) is 4.74 Å². The van der Waals surface area contributed by atoms with Crippen molar-refractivity contribution in [2.75, 3.05) is 13.7 Å². The number of ether oxygens (including phenoxy) is 1. The van der Waals surface area contributed by atoms with E-state index in [2.05, 4.69) is 0 Å². The average Bonchev–Trinajstić information content (AvgIpc) is 2.43. The molecule has 2 aromatic carbocycles. The lowest BCUT2D eigenvalue weighted by Gasteiger charge is -2.29. The summed E-state index contributed by atoms with van der Waals surface area (Å²) in [6.45, 7) is 1.79. The molecule has 2 nitrogen and oxygen atoms in total. The van der Waals surface area contributed by atoms with Crippen molar-refractivity contribution in [2.45, 2.75) is 12.5 Å². The molecule has 0 saturated heterocycles. The summed E-state index contributed by atoms with van der Waals surface area (Å²) >= 11 is 0. The lowest BCUT2D eigenvalue weighted by Crippen LogP contribution is -2.32. The molecule has 1 N–H and O–H groups in total. The molecular weight excluding hydrogens is 243 g/mol. The van der Waals surface area contributed by atoms with Gasteiger partial charge >= 0.3 is 0 Å². The molecule has 0 aliphatic carbocycles. The third kappa shape index (κ3) is 2.67. The molecule has 19 heavy (non-hydrogen) atoms. The number of rotatable bonds is 4. The number of aryl methyl sites for hydroxylation is 1. The van der Waals surface area contributed by atoms with E-state index < -0.39 is 5.60 Å². The van der Waals surface area contributed by atoms with Crippen molar-refractivity contribution in [1.82, 2.24) is 0 Å². The lowest BCUT2D eigenvalue weighted by molar-refractivity contribution is -0.00335. The van der Waals surface area contributed by atoms with E-state index in [1.54, 1.807) is 19.1 Å². The molecule has 1 unspecified atom stereocenters. The van der Waals surface area contributed by atoms with Gasteiger partial charge in [-0.25, -0.2) is 4.39 Å². The van der Waals surface area contributed by atoms with Crippen molar-refractivity contribution >= 4 is 0 Å². The fraction of sp³-hybridized carbons (Fsp3) is 0.250. The number of halogens is 1. The van der Waals surface area contributed by atoms with Crippen LogP contribution in [0.25, 0.3) is 0 Å². The van der Waals surface area contributed by atoms with E-state index in [1.165, 1.54) is 13.2 Å². The zero-order valence-electron chi connectivity index (χ0n) is 11.1. The largest absolute Gasteiger partial charge is 0.381 e. The van der Waals surface area contributed by atoms with E-state index in [0.29, 0.717) is 11.1 Å². The van der Waals surface area contributed by atoms with Crippen LogP contribution in [0.15, 0.2) is 48.5 Å². The standard InChI is InChI=1S/C16H17FO2/c1-12-10-14(8-9-15(12)17)16(18,11-19-2)13-6-4-3-5-7-13/h3-10,18H,11H2,1-2H3. The minimum Gasteiger partial charge on any atom is -0.381 e. The second kappa shape index (κ2) is 5.51. The Morgan fingerprint density at radius 3 is 2.37 bits per heavy atom. The van der Waals surface area contributed by atoms with Gasteiger partial charge in [0.2, 0.25) is 0 Å². The Labute approximate surface area is 112 Å². The first-order valence-corrected chi connectivity index (χ1v) is 6.11. The molecule has 0 bridgehead atoms. The van der Waals surface area contributed by atoms with Crippen LogP contribution in [0.3, 0.4) is 0 Å². The zero-order chi connectivity index (χ0) is 13.9. The topological polar surface area (TPSA) is 29.5 Å². The maximum atomic E-state index is 13.4. The highest BCUT2D eigenvalue weighted by Crippen LogP contribution is 2.30. The molecule has 0 heterocycles. The van der Waals surface area contributed by atoms with Crippen LogP contribution in [0.4, 0.5) is 4.39 Å². The Bertz CT molecular complexity index is 554. The summed E-state index contributed by atoms with van der Waals surface area (Å²) in [7, 11) is 1.53. The smallest absolute Gasteiger partial charge is 0.138 e. The van der Waals surface area contributed by atoms with Crippen LogP contribution in [0.5, 0.6) is 0 Å². The molecule has 0 radical (unpaired) electrons. The summed E-state index contributed by atoms with van der Waals surface area (Å²) < 4.78 is 18.5. The maximum Gasteiger partial charge on any atom is 0.138 e. The predicted octanol–water partition coefficient (Wildman–Crippen LogP) is 3.02. The van der Waals surface area contributed by atoms with E-state index in [0.717, 1.165) is 5.56 Å². The zero-order valence-corrected chi connectivity index (χ0v) is 11.1. The first-order chi connectivity index (χ1) is 9.08. The molecule has 0 saturated carbocycles. The van der Waals surface area contributed by atoms with Crippen molar-refractivity contribution in [3.05, 3.63) is 71.0 Å². The highest BCUT2D eigenvalue weighted by atomic mass is 19.1. The molecule has 0 amide bonds. The molecule has 3 heteroatoms. The quantitative estimate of drug-likeness (QED) is 0.915. The molecule has 2 rings (SSSR count). The van der Waals surface area contributed by atoms with Crippen LogP contribution in [0, 0.1) is 12.7 Å². The van der Waals surface area contributed by atoms with Crippen molar-refractivity contribution in [2.24, 2.45) is 0 Å². The van der Waals surface area contributed by atoms with Gasteiger partial charge in [-0.1, -0.05) is 36.4 Å². The van der Waals surface area contributed by atoms with Gasteiger partial charge in [-0.2, -0.15) is 0 Å². The molecule has 2 aromatic rings. The molecule has 0 fully saturated rings. The van der Waals surface area contributed by atoms with Gasteiger partial charge in [0.25, 0.3) is 0 Å². The van der Waals surface area contributed by atoms with Crippen LogP contribution in [-0.4, -0.2) is 18.8 Å². The van der Waals surface area contributed by atoms with E-state index in [-0.39, 0.29) is 12.4 Å². The Hall–Kier alpha value is -1.71. The van der Waals surface area contributed by atoms with Gasteiger partial charge in [0.1, 0.15) is 11.4 Å². The van der Waals surface area contributed by atoms with Gasteiger partial charge in [0.15, 0.2) is 0 Å². The van der Waals surface area contributed by atoms with Crippen LogP contribution in [0.1, 0.15) is 16.7 Å². The normalized spacial score (nSPS) is 14.1. The Morgan fingerprint density at radius 1 is 1.11 bits per heavy atom. The molecule has 100 valence electrons. The third-order valence-corrected chi connectivity index (χ3v) is 3.24. The molecule has 1 atom stereocenters. The summed E-state index contributed by atoms with van der Waals surface area (Å²) in [5, 5.41) is 10.9. The van der Waals surface area contributed by atoms with E-state index in [9.17, 15) is 9.50 Å². The first kappa shape index (κ1) is 13.7. The summed E-state index contributed by atoms with van der Waals surface area (Å²) in [4.78, 5) is 0. The fourth-order valence-corrected chi connectivity index (χ4v) is 2.16. The Kier molecular flexibility index (Phi) is 3.98. The SMILES string of the molecule is COCC(O)(c1ccccc1)c1ccc(F)c(C)c1. The lowest BCUT2D eigenvalue weighted by atomic mass is 9.86. The van der Waals surface area contributed by atoms with Gasteiger partial charge in [-0.3, -0.25) is 0 Å². The Morgan fingerprint density at radius 2 is 1.79 bits per heavy atom. The summed E-state index contributed by atoms with van der Waals surface area (Å²) in [5.41, 5.74) is 0.583. The molecule has 0 aliphatic heterocycles. The van der Waals surface area contributed by atoms with Crippen molar-refractivity contribution < 1.29 is 14.2 Å². The van der Waals surface area contributed by atoms with Gasteiger partial charge in [-0.05, 0) is 35.7 Å². The fourth-order valence-electron chi connectivity index (χ4n) is 2.16. The number of aliphatic hydroxyl groups is 1. The number of hydrogen-bond acceptors (Lipinski definition) is 2. The summed E-state index contributed by atoms with van der Waals surface area (Å²) in [6.07, 6.45) is 0. The highest BCUT2D eigenvalue weighted by Gasteiger charge is 2.31. The minimum atomic E-state index is -1.27. The van der Waals surface area contributed by atoms with E-state index in [1.807, 2.05) is 30.3 Å². The van der Waals surface area contributed by atoms with Gasteiger partial charge in [0, 0.05) is 7.11 Å². The van der Waals surface area contributed by atoms with Crippen molar-refractivity contribution in [3.63, 3.8) is 0 Å². The summed E-state index contributed by atoms with van der Waals surface area (Å²) in [5.74, 6) is -0.281. The van der Waals surface area contributed by atoms with Crippen LogP contribution in [0.2, 0.25) is 0 Å². The van der Waals surface area contributed by atoms with Gasteiger partial charge in [-0.15, -0.1) is 0 Å². The van der Waals surface area contributed by atoms with Crippen LogP contribution < -0.4 is 0 Å². The second-order valence-electron chi connectivity index (χ2n) is 4.62. The monoisotopic (exact) mass is 260 g/mol. The van der Waals surface area contributed by atoms with Crippen LogP contribution >= 0.6 is 0 Å². The van der Waals surface area contributed by atoms with Gasteiger partial charge < -0.3 is 9.84 Å². The first-order valence-electron chi connectivity index (χ1n) is 6.11. The second-order valence-corrected chi connectivity index (χ2v) is 4.62. The highest BCUT2D eigenvalue weighted by molar-refractivity contribution is 5.38. The predicted molar refractivity (Wildman–Crippen MR) is 72.5 cm³/mol. The van der Waals surface area contributed by atoms with Gasteiger partial charge in [0.05, 0.1) is 6.61 Å². The molecule has 0 aromatic heterocycles. The number of benzene rings is 2. The number of hydrogen-bond donors (Lipinski definition) is 1. The van der Waals surface area contributed by atoms with Crippen LogP contribution in [-0.2, 0) is 10.3 Å². The summed E-state index contributed by atoms with van der Waals surface area (Å²) in [6, 6.07) is 13.9. The maximum absolute atomic E-state index is 13.4.